The maximum absolute atomic E-state index is 12.3. The third kappa shape index (κ3) is 2.98. The van der Waals surface area contributed by atoms with Crippen LogP contribution in [0.3, 0.4) is 0 Å². The summed E-state index contributed by atoms with van der Waals surface area (Å²) in [6.07, 6.45) is -4.49. The standard InChI is InChI=1S/C14H19NO6/c15-13-12(19)11(18)9(7-16)21-14(13,20)10(17)6-8-4-2-1-3-5-8/h1-5,9,11-13,16,18-20H,6-7,15H2/t9-,11-,12+,13-,14?/m1/s1. The van der Waals surface area contributed by atoms with Gasteiger partial charge < -0.3 is 30.9 Å². The van der Waals surface area contributed by atoms with Crippen molar-refractivity contribution in [2.45, 2.75) is 36.6 Å². The number of benzene rings is 1. The van der Waals surface area contributed by atoms with Gasteiger partial charge in [0, 0.05) is 6.42 Å². The monoisotopic (exact) mass is 297 g/mol. The van der Waals surface area contributed by atoms with Gasteiger partial charge in [-0.1, -0.05) is 30.3 Å². The Morgan fingerprint density at radius 2 is 1.86 bits per heavy atom. The Kier molecular flexibility index (Phi) is 4.72. The second-order valence-corrected chi connectivity index (χ2v) is 5.13. The molecule has 116 valence electrons. The Hall–Kier alpha value is -1.35. The molecular weight excluding hydrogens is 278 g/mol. The molecule has 0 saturated carbocycles. The number of aliphatic hydroxyl groups excluding tert-OH is 3. The lowest BCUT2D eigenvalue weighted by Gasteiger charge is -2.45. The third-order valence-corrected chi connectivity index (χ3v) is 3.67. The van der Waals surface area contributed by atoms with Gasteiger partial charge in [-0.2, -0.15) is 0 Å². The van der Waals surface area contributed by atoms with Gasteiger partial charge in [0.05, 0.1) is 12.6 Å². The number of nitrogens with two attached hydrogens (primary N) is 1. The van der Waals surface area contributed by atoms with E-state index in [1.807, 2.05) is 0 Å². The Balaban J connectivity index is 2.20. The molecule has 1 unspecified atom stereocenters. The van der Waals surface area contributed by atoms with Crippen LogP contribution in [-0.4, -0.2) is 63.0 Å². The predicted octanol–water partition coefficient (Wildman–Crippen LogP) is -2.07. The fourth-order valence-corrected chi connectivity index (χ4v) is 2.35. The van der Waals surface area contributed by atoms with Crippen molar-refractivity contribution in [2.75, 3.05) is 6.61 Å². The minimum Gasteiger partial charge on any atom is -0.394 e. The second-order valence-electron chi connectivity index (χ2n) is 5.13. The fourth-order valence-electron chi connectivity index (χ4n) is 2.35. The van der Waals surface area contributed by atoms with Crippen molar-refractivity contribution in [1.82, 2.24) is 0 Å². The van der Waals surface area contributed by atoms with Crippen LogP contribution in [0.4, 0.5) is 0 Å². The van der Waals surface area contributed by atoms with E-state index < -0.39 is 42.5 Å². The van der Waals surface area contributed by atoms with Crippen LogP contribution >= 0.6 is 0 Å². The van der Waals surface area contributed by atoms with Crippen molar-refractivity contribution in [2.24, 2.45) is 5.73 Å². The van der Waals surface area contributed by atoms with Crippen molar-refractivity contribution < 1.29 is 30.0 Å². The molecule has 0 radical (unpaired) electrons. The highest BCUT2D eigenvalue weighted by atomic mass is 16.7. The number of rotatable bonds is 4. The largest absolute Gasteiger partial charge is 0.394 e. The summed E-state index contributed by atoms with van der Waals surface area (Å²) in [7, 11) is 0. The average Bonchev–Trinajstić information content (AvgIpc) is 2.50. The smallest absolute Gasteiger partial charge is 0.245 e. The van der Waals surface area contributed by atoms with E-state index >= 15 is 0 Å². The molecular formula is C14H19NO6. The first-order valence-corrected chi connectivity index (χ1v) is 6.60. The summed E-state index contributed by atoms with van der Waals surface area (Å²) < 4.78 is 5.07. The van der Waals surface area contributed by atoms with E-state index in [0.29, 0.717) is 5.56 Å². The first-order chi connectivity index (χ1) is 9.90. The first kappa shape index (κ1) is 16.0. The van der Waals surface area contributed by atoms with Crippen molar-refractivity contribution >= 4 is 5.78 Å². The Morgan fingerprint density at radius 3 is 2.43 bits per heavy atom. The number of Topliss-reactive ketones (excluding diaryl/α,β-unsaturated/α-hetero) is 1. The molecule has 0 aliphatic carbocycles. The highest BCUT2D eigenvalue weighted by Gasteiger charge is 2.55. The topological polar surface area (TPSA) is 133 Å². The molecule has 1 aliphatic heterocycles. The van der Waals surface area contributed by atoms with E-state index in [1.165, 1.54) is 0 Å². The molecule has 0 bridgehead atoms. The van der Waals surface area contributed by atoms with Gasteiger partial charge in [-0.3, -0.25) is 4.79 Å². The molecule has 7 nitrogen and oxygen atoms in total. The van der Waals surface area contributed by atoms with Gasteiger partial charge in [-0.25, -0.2) is 0 Å². The lowest BCUT2D eigenvalue weighted by atomic mass is 9.87. The van der Waals surface area contributed by atoms with Crippen molar-refractivity contribution in [3.8, 4) is 0 Å². The highest BCUT2D eigenvalue weighted by molar-refractivity contribution is 5.88. The summed E-state index contributed by atoms with van der Waals surface area (Å²) >= 11 is 0. The molecule has 0 aromatic heterocycles. The molecule has 1 fully saturated rings. The van der Waals surface area contributed by atoms with Gasteiger partial charge in [0.2, 0.25) is 5.79 Å². The zero-order valence-corrected chi connectivity index (χ0v) is 11.3. The van der Waals surface area contributed by atoms with Crippen LogP contribution in [0.25, 0.3) is 0 Å². The first-order valence-electron chi connectivity index (χ1n) is 6.60. The van der Waals surface area contributed by atoms with Gasteiger partial charge in [0.15, 0.2) is 5.78 Å². The lowest BCUT2D eigenvalue weighted by molar-refractivity contribution is -0.297. The Morgan fingerprint density at radius 1 is 1.24 bits per heavy atom. The quantitative estimate of drug-likeness (QED) is 0.431. The van der Waals surface area contributed by atoms with Gasteiger partial charge in [0.1, 0.15) is 18.3 Å². The van der Waals surface area contributed by atoms with Gasteiger partial charge in [-0.15, -0.1) is 0 Å². The van der Waals surface area contributed by atoms with Crippen LogP contribution in [0.15, 0.2) is 30.3 Å². The summed E-state index contributed by atoms with van der Waals surface area (Å²) in [6, 6.07) is 7.15. The maximum atomic E-state index is 12.3. The molecule has 1 aromatic carbocycles. The highest BCUT2D eigenvalue weighted by Crippen LogP contribution is 2.28. The van der Waals surface area contributed by atoms with Gasteiger partial charge in [-0.05, 0) is 5.56 Å². The zero-order chi connectivity index (χ0) is 15.6. The molecule has 1 aromatic rings. The summed E-state index contributed by atoms with van der Waals surface area (Å²) in [4.78, 5) is 12.3. The summed E-state index contributed by atoms with van der Waals surface area (Å²) in [5, 5.41) is 39.0. The van der Waals surface area contributed by atoms with Crippen molar-refractivity contribution in [1.29, 1.82) is 0 Å². The van der Waals surface area contributed by atoms with E-state index in [9.17, 15) is 20.1 Å². The second kappa shape index (κ2) is 6.18. The number of carbonyl (C=O) groups is 1. The van der Waals surface area contributed by atoms with E-state index in [0.717, 1.165) is 0 Å². The fraction of sp³-hybridized carbons (Fsp3) is 0.500. The van der Waals surface area contributed by atoms with Crippen molar-refractivity contribution in [3.63, 3.8) is 0 Å². The molecule has 0 amide bonds. The zero-order valence-electron chi connectivity index (χ0n) is 11.3. The van der Waals surface area contributed by atoms with E-state index in [1.54, 1.807) is 30.3 Å². The maximum Gasteiger partial charge on any atom is 0.245 e. The molecule has 1 aliphatic rings. The minimum absolute atomic E-state index is 0.147. The molecule has 1 heterocycles. The van der Waals surface area contributed by atoms with Gasteiger partial charge in [0.25, 0.3) is 0 Å². The molecule has 2 rings (SSSR count). The van der Waals surface area contributed by atoms with Crippen LogP contribution in [0.1, 0.15) is 5.56 Å². The minimum atomic E-state index is -2.46. The van der Waals surface area contributed by atoms with E-state index in [4.69, 9.17) is 15.6 Å². The van der Waals surface area contributed by atoms with Crippen LogP contribution in [-0.2, 0) is 16.0 Å². The predicted molar refractivity (Wildman–Crippen MR) is 72.1 cm³/mol. The molecule has 5 atom stereocenters. The molecule has 21 heavy (non-hydrogen) atoms. The normalized spacial score (nSPS) is 36.4. The molecule has 6 N–H and O–H groups in total. The Bertz CT molecular complexity index is 493. The van der Waals surface area contributed by atoms with Crippen LogP contribution < -0.4 is 5.73 Å². The van der Waals surface area contributed by atoms with Crippen LogP contribution in [0.2, 0.25) is 0 Å². The average molecular weight is 297 g/mol. The number of ketones is 1. The summed E-state index contributed by atoms with van der Waals surface area (Å²) in [5.41, 5.74) is 6.28. The van der Waals surface area contributed by atoms with Crippen molar-refractivity contribution in [3.05, 3.63) is 35.9 Å². The SMILES string of the molecule is N[C@@H]1[C@@H](O)[C@H](O)[C@@H](CO)OC1(O)C(=O)Cc1ccccc1. The van der Waals surface area contributed by atoms with Crippen LogP contribution in [0.5, 0.6) is 0 Å². The molecule has 0 spiro atoms. The van der Waals surface area contributed by atoms with E-state index in [-0.39, 0.29) is 6.42 Å². The molecule has 1 saturated heterocycles. The number of carbonyl (C=O) groups excluding carboxylic acids is 1. The van der Waals surface area contributed by atoms with E-state index in [2.05, 4.69) is 0 Å². The third-order valence-electron chi connectivity index (χ3n) is 3.67. The number of hydrogen-bond acceptors (Lipinski definition) is 7. The number of hydrogen-bond donors (Lipinski definition) is 5. The Labute approximate surface area is 121 Å². The summed E-state index contributed by atoms with van der Waals surface area (Å²) in [5.74, 6) is -3.20. The number of ether oxygens (including phenoxy) is 1. The lowest BCUT2D eigenvalue weighted by Crippen LogP contribution is -2.71. The number of aliphatic hydroxyl groups is 4. The van der Waals surface area contributed by atoms with Crippen LogP contribution in [0, 0.1) is 0 Å². The molecule has 7 heteroatoms. The van der Waals surface area contributed by atoms with Gasteiger partial charge >= 0.3 is 0 Å². The summed E-state index contributed by atoms with van der Waals surface area (Å²) in [6.45, 7) is -0.661.